The minimum absolute atomic E-state index is 0.851. The topological polar surface area (TPSA) is 12.0 Å². The predicted molar refractivity (Wildman–Crippen MR) is 76.7 cm³/mol. The number of nitrogens with one attached hydrogen (secondary N) is 1. The molecule has 18 heavy (non-hydrogen) atoms. The number of benzene rings is 1. The molecule has 2 aliphatic carbocycles. The molecule has 0 spiro atoms. The Hall–Kier alpha value is -1.08. The molecule has 1 unspecified atom stereocenters. The lowest BCUT2D eigenvalue weighted by molar-refractivity contribution is 0.440. The fraction of sp³-hybridized carbons (Fsp3) is 0.529. The van der Waals surface area contributed by atoms with Crippen LogP contribution in [-0.2, 0) is 19.4 Å². The molecule has 0 fully saturated rings. The van der Waals surface area contributed by atoms with E-state index in [-0.39, 0.29) is 0 Å². The van der Waals surface area contributed by atoms with Crippen LogP contribution >= 0.6 is 0 Å². The third-order valence-electron chi connectivity index (χ3n) is 4.30. The van der Waals surface area contributed by atoms with E-state index in [1.54, 1.807) is 11.1 Å². The number of rotatable bonds is 4. The molecule has 2 aliphatic rings. The molecule has 0 radical (unpaired) electrons. The van der Waals surface area contributed by atoms with Crippen LogP contribution in [0.1, 0.15) is 42.4 Å². The first-order valence-electron chi connectivity index (χ1n) is 7.38. The van der Waals surface area contributed by atoms with Crippen molar-refractivity contribution in [3.05, 3.63) is 47.0 Å². The zero-order valence-electron chi connectivity index (χ0n) is 11.1. The highest BCUT2D eigenvalue weighted by atomic mass is 14.9. The maximum absolute atomic E-state index is 3.63. The lowest BCUT2D eigenvalue weighted by atomic mass is 9.94. The minimum atomic E-state index is 0.851. The van der Waals surface area contributed by atoms with Gasteiger partial charge in [-0.15, -0.1) is 0 Å². The standard InChI is InChI=1S/C17H23N/c1-2-5-14(6-3-1)12-18-13-15-9-10-16-7-4-8-17(16)11-15/h1-2,9-11,14,18H,3-8,12-13H2. The zero-order valence-corrected chi connectivity index (χ0v) is 11.1. The average Bonchev–Trinajstić information content (AvgIpc) is 2.87. The van der Waals surface area contributed by atoms with E-state index in [1.165, 1.54) is 50.6 Å². The fourth-order valence-corrected chi connectivity index (χ4v) is 3.20. The first-order chi connectivity index (χ1) is 8.92. The third kappa shape index (κ3) is 2.84. The van der Waals surface area contributed by atoms with E-state index in [9.17, 15) is 0 Å². The summed E-state index contributed by atoms with van der Waals surface area (Å²) in [6, 6.07) is 7.05. The Morgan fingerprint density at radius 3 is 2.94 bits per heavy atom. The smallest absolute Gasteiger partial charge is 0.0205 e. The summed E-state index contributed by atoms with van der Waals surface area (Å²) in [4.78, 5) is 0. The summed E-state index contributed by atoms with van der Waals surface area (Å²) >= 11 is 0. The number of allylic oxidation sites excluding steroid dienone is 2. The summed E-state index contributed by atoms with van der Waals surface area (Å²) in [5, 5.41) is 3.63. The molecule has 1 atom stereocenters. The molecule has 0 bridgehead atoms. The van der Waals surface area contributed by atoms with Crippen LogP contribution < -0.4 is 5.32 Å². The molecule has 1 heteroatoms. The van der Waals surface area contributed by atoms with Gasteiger partial charge in [0.05, 0.1) is 0 Å². The van der Waals surface area contributed by atoms with Gasteiger partial charge in [0.2, 0.25) is 0 Å². The van der Waals surface area contributed by atoms with E-state index in [0.29, 0.717) is 0 Å². The average molecular weight is 241 g/mol. The lowest BCUT2D eigenvalue weighted by Crippen LogP contribution is -2.23. The number of aryl methyl sites for hydroxylation is 2. The van der Waals surface area contributed by atoms with Crippen molar-refractivity contribution in [2.24, 2.45) is 5.92 Å². The summed E-state index contributed by atoms with van der Waals surface area (Å²) in [5.41, 5.74) is 4.63. The summed E-state index contributed by atoms with van der Waals surface area (Å²) in [6.45, 7) is 2.20. The molecule has 1 N–H and O–H groups in total. The first-order valence-corrected chi connectivity index (χ1v) is 7.38. The molecule has 0 saturated heterocycles. The fourth-order valence-electron chi connectivity index (χ4n) is 3.20. The van der Waals surface area contributed by atoms with Crippen LogP contribution in [0.5, 0.6) is 0 Å². The molecule has 1 aromatic rings. The van der Waals surface area contributed by atoms with Crippen molar-refractivity contribution in [3.8, 4) is 0 Å². The van der Waals surface area contributed by atoms with E-state index in [1.807, 2.05) is 0 Å². The highest BCUT2D eigenvalue weighted by Crippen LogP contribution is 2.23. The van der Waals surface area contributed by atoms with E-state index in [4.69, 9.17) is 0 Å². The van der Waals surface area contributed by atoms with E-state index >= 15 is 0 Å². The number of fused-ring (bicyclic) bond motifs is 1. The van der Waals surface area contributed by atoms with Gasteiger partial charge in [0.25, 0.3) is 0 Å². The van der Waals surface area contributed by atoms with Gasteiger partial charge in [0, 0.05) is 6.54 Å². The Bertz CT molecular complexity index is 433. The minimum Gasteiger partial charge on any atom is -0.312 e. The molecule has 1 nitrogen and oxygen atoms in total. The quantitative estimate of drug-likeness (QED) is 0.794. The number of hydrogen-bond acceptors (Lipinski definition) is 1. The zero-order chi connectivity index (χ0) is 12.2. The monoisotopic (exact) mass is 241 g/mol. The Morgan fingerprint density at radius 1 is 1.11 bits per heavy atom. The van der Waals surface area contributed by atoms with Crippen molar-refractivity contribution in [1.29, 1.82) is 0 Å². The largest absolute Gasteiger partial charge is 0.312 e. The van der Waals surface area contributed by atoms with Crippen molar-refractivity contribution in [3.63, 3.8) is 0 Å². The third-order valence-corrected chi connectivity index (χ3v) is 4.30. The van der Waals surface area contributed by atoms with Gasteiger partial charge in [-0.2, -0.15) is 0 Å². The van der Waals surface area contributed by atoms with Crippen molar-refractivity contribution in [2.75, 3.05) is 6.54 Å². The van der Waals surface area contributed by atoms with Crippen LogP contribution in [0, 0.1) is 5.92 Å². The van der Waals surface area contributed by atoms with Crippen LogP contribution in [0.15, 0.2) is 30.4 Å². The molecule has 3 rings (SSSR count). The van der Waals surface area contributed by atoms with Gasteiger partial charge in [-0.05, 0) is 67.7 Å². The van der Waals surface area contributed by atoms with Crippen molar-refractivity contribution >= 4 is 0 Å². The molecular formula is C17H23N. The maximum Gasteiger partial charge on any atom is 0.0205 e. The van der Waals surface area contributed by atoms with Crippen LogP contribution in [-0.4, -0.2) is 6.54 Å². The Balaban J connectivity index is 1.49. The van der Waals surface area contributed by atoms with E-state index < -0.39 is 0 Å². The van der Waals surface area contributed by atoms with Gasteiger partial charge in [0.1, 0.15) is 0 Å². The summed E-state index contributed by atoms with van der Waals surface area (Å²) in [5.74, 6) is 0.851. The molecule has 0 saturated carbocycles. The Labute approximate surface area is 110 Å². The summed E-state index contributed by atoms with van der Waals surface area (Å²) in [6.07, 6.45) is 12.5. The molecular weight excluding hydrogens is 218 g/mol. The second kappa shape index (κ2) is 5.71. The van der Waals surface area contributed by atoms with Gasteiger partial charge < -0.3 is 5.32 Å². The first kappa shape index (κ1) is 12.0. The van der Waals surface area contributed by atoms with Gasteiger partial charge in [-0.1, -0.05) is 30.4 Å². The number of hydrogen-bond donors (Lipinski definition) is 1. The SMILES string of the molecule is C1=CCC(CNCc2ccc3c(c2)CCC3)CC1. The Kier molecular flexibility index (Phi) is 3.80. The highest BCUT2D eigenvalue weighted by molar-refractivity contribution is 5.35. The molecule has 0 aliphatic heterocycles. The van der Waals surface area contributed by atoms with E-state index in [0.717, 1.165) is 12.5 Å². The molecule has 96 valence electrons. The van der Waals surface area contributed by atoms with Crippen molar-refractivity contribution < 1.29 is 0 Å². The highest BCUT2D eigenvalue weighted by Gasteiger charge is 2.11. The van der Waals surface area contributed by atoms with Crippen LogP contribution in [0.4, 0.5) is 0 Å². The summed E-state index contributed by atoms with van der Waals surface area (Å²) < 4.78 is 0. The van der Waals surface area contributed by atoms with E-state index in [2.05, 4.69) is 35.7 Å². The molecule has 1 aromatic carbocycles. The second-order valence-corrected chi connectivity index (χ2v) is 5.74. The molecule has 0 heterocycles. The normalized spacial score (nSPS) is 22.1. The van der Waals surface area contributed by atoms with Gasteiger partial charge in [-0.3, -0.25) is 0 Å². The molecule has 0 amide bonds. The maximum atomic E-state index is 3.63. The Morgan fingerprint density at radius 2 is 2.06 bits per heavy atom. The molecule has 0 aromatic heterocycles. The van der Waals surface area contributed by atoms with Crippen molar-refractivity contribution in [1.82, 2.24) is 5.32 Å². The van der Waals surface area contributed by atoms with Gasteiger partial charge >= 0.3 is 0 Å². The van der Waals surface area contributed by atoms with Gasteiger partial charge in [-0.25, -0.2) is 0 Å². The second-order valence-electron chi connectivity index (χ2n) is 5.74. The predicted octanol–water partition coefficient (Wildman–Crippen LogP) is 3.62. The van der Waals surface area contributed by atoms with Crippen molar-refractivity contribution in [2.45, 2.75) is 45.1 Å². The van der Waals surface area contributed by atoms with Gasteiger partial charge in [0.15, 0.2) is 0 Å². The summed E-state index contributed by atoms with van der Waals surface area (Å²) in [7, 11) is 0. The lowest BCUT2D eigenvalue weighted by Gasteiger charge is -2.18. The van der Waals surface area contributed by atoms with Crippen LogP contribution in [0.25, 0.3) is 0 Å². The van der Waals surface area contributed by atoms with Crippen LogP contribution in [0.2, 0.25) is 0 Å². The van der Waals surface area contributed by atoms with Crippen LogP contribution in [0.3, 0.4) is 0 Å².